The van der Waals surface area contributed by atoms with Crippen molar-refractivity contribution in [2.24, 2.45) is 0 Å². The van der Waals surface area contributed by atoms with Crippen LogP contribution in [0.2, 0.25) is 0 Å². The first-order valence-electron chi connectivity index (χ1n) is 5.60. The molecule has 1 aromatic carbocycles. The maximum atomic E-state index is 12.5. The Morgan fingerprint density at radius 1 is 1.32 bits per heavy atom. The molecule has 0 fully saturated rings. The molecule has 1 atom stereocenters. The third-order valence-electron chi connectivity index (χ3n) is 2.55. The van der Waals surface area contributed by atoms with Crippen molar-refractivity contribution in [1.29, 1.82) is 0 Å². The number of halogens is 3. The van der Waals surface area contributed by atoms with E-state index in [0.717, 1.165) is 18.4 Å². The predicted molar refractivity (Wildman–Crippen MR) is 65.5 cm³/mol. The zero-order valence-corrected chi connectivity index (χ0v) is 11.1. The summed E-state index contributed by atoms with van der Waals surface area (Å²) in [5, 5.41) is 9.61. The van der Waals surface area contributed by atoms with Gasteiger partial charge >= 0.3 is 6.18 Å². The second-order valence-electron chi connectivity index (χ2n) is 4.47. The second kappa shape index (κ2) is 5.92. The van der Waals surface area contributed by atoms with E-state index in [0.29, 0.717) is 5.56 Å². The molecule has 0 heterocycles. The van der Waals surface area contributed by atoms with E-state index in [1.54, 1.807) is 0 Å². The highest BCUT2D eigenvalue weighted by Gasteiger charge is 2.30. The van der Waals surface area contributed by atoms with E-state index in [9.17, 15) is 26.7 Å². The maximum Gasteiger partial charge on any atom is 0.416 e. The van der Waals surface area contributed by atoms with E-state index in [1.165, 1.54) is 12.1 Å². The van der Waals surface area contributed by atoms with E-state index in [2.05, 4.69) is 0 Å². The van der Waals surface area contributed by atoms with Crippen LogP contribution < -0.4 is 0 Å². The molecule has 0 saturated heterocycles. The lowest BCUT2D eigenvalue weighted by Crippen LogP contribution is -2.16. The van der Waals surface area contributed by atoms with Crippen LogP contribution in [0.25, 0.3) is 0 Å². The van der Waals surface area contributed by atoms with Crippen molar-refractivity contribution in [2.45, 2.75) is 25.1 Å². The smallest absolute Gasteiger partial charge is 0.393 e. The molecule has 1 unspecified atom stereocenters. The van der Waals surface area contributed by atoms with Crippen molar-refractivity contribution in [2.75, 3.05) is 12.0 Å². The monoisotopic (exact) mass is 296 g/mol. The van der Waals surface area contributed by atoms with Gasteiger partial charge in [0.25, 0.3) is 0 Å². The Hall–Kier alpha value is -1.08. The zero-order valence-electron chi connectivity index (χ0n) is 10.3. The van der Waals surface area contributed by atoms with E-state index in [1.807, 2.05) is 0 Å². The highest BCUT2D eigenvalue weighted by atomic mass is 32.2. The standard InChI is InChI=1S/C12H15F3O3S/c1-19(17,18)6-5-11(16)8-9-3-2-4-10(7-9)12(13,14)15/h2-4,7,11,16H,5-6,8H2,1H3. The molecule has 19 heavy (non-hydrogen) atoms. The highest BCUT2D eigenvalue weighted by Crippen LogP contribution is 2.29. The van der Waals surface area contributed by atoms with Crippen molar-refractivity contribution in [3.63, 3.8) is 0 Å². The van der Waals surface area contributed by atoms with Crippen LogP contribution in [-0.2, 0) is 22.4 Å². The molecule has 0 spiro atoms. The third-order valence-corrected chi connectivity index (χ3v) is 3.52. The first-order chi connectivity index (χ1) is 8.58. The van der Waals surface area contributed by atoms with Crippen LogP contribution in [0.4, 0.5) is 13.2 Å². The van der Waals surface area contributed by atoms with Crippen LogP contribution in [0.3, 0.4) is 0 Å². The Morgan fingerprint density at radius 2 is 1.95 bits per heavy atom. The highest BCUT2D eigenvalue weighted by molar-refractivity contribution is 7.90. The molecule has 108 valence electrons. The Labute approximate surface area is 110 Å². The van der Waals surface area contributed by atoms with Gasteiger partial charge in [-0.1, -0.05) is 18.2 Å². The summed E-state index contributed by atoms with van der Waals surface area (Å²) in [4.78, 5) is 0. The lowest BCUT2D eigenvalue weighted by atomic mass is 10.0. The van der Waals surface area contributed by atoms with Gasteiger partial charge in [-0.3, -0.25) is 0 Å². The van der Waals surface area contributed by atoms with Gasteiger partial charge in [0.15, 0.2) is 0 Å². The van der Waals surface area contributed by atoms with Gasteiger partial charge in [0, 0.05) is 6.26 Å². The average molecular weight is 296 g/mol. The molecule has 0 aliphatic rings. The predicted octanol–water partition coefficient (Wildman–Crippen LogP) is 2.04. The van der Waals surface area contributed by atoms with E-state index in [-0.39, 0.29) is 18.6 Å². The summed E-state index contributed by atoms with van der Waals surface area (Å²) in [7, 11) is -3.18. The summed E-state index contributed by atoms with van der Waals surface area (Å²) < 4.78 is 59.2. The number of benzene rings is 1. The molecule has 0 radical (unpaired) electrons. The molecule has 7 heteroatoms. The van der Waals surface area contributed by atoms with Crippen LogP contribution in [0.1, 0.15) is 17.5 Å². The van der Waals surface area contributed by atoms with Crippen LogP contribution in [0, 0.1) is 0 Å². The van der Waals surface area contributed by atoms with E-state index < -0.39 is 27.7 Å². The SMILES string of the molecule is CS(=O)(=O)CCC(O)Cc1cccc(C(F)(F)F)c1. The molecular formula is C12H15F3O3S. The largest absolute Gasteiger partial charge is 0.416 e. The van der Waals surface area contributed by atoms with E-state index in [4.69, 9.17) is 0 Å². The fourth-order valence-corrected chi connectivity index (χ4v) is 2.30. The number of hydrogen-bond donors (Lipinski definition) is 1. The number of sulfone groups is 1. The summed E-state index contributed by atoms with van der Waals surface area (Å²) in [5.74, 6) is -0.187. The lowest BCUT2D eigenvalue weighted by Gasteiger charge is -2.12. The maximum absolute atomic E-state index is 12.5. The van der Waals surface area contributed by atoms with E-state index >= 15 is 0 Å². The minimum absolute atomic E-state index is 0.000556. The number of aliphatic hydroxyl groups is 1. The van der Waals surface area contributed by atoms with Crippen LogP contribution >= 0.6 is 0 Å². The van der Waals surface area contributed by atoms with Crippen molar-refractivity contribution in [3.8, 4) is 0 Å². The first-order valence-corrected chi connectivity index (χ1v) is 7.66. The third kappa shape index (κ3) is 6.07. The Kier molecular flexibility index (Phi) is 4.98. The minimum Gasteiger partial charge on any atom is -0.393 e. The molecular weight excluding hydrogens is 281 g/mol. The molecule has 1 rings (SSSR count). The average Bonchev–Trinajstić information content (AvgIpc) is 2.25. The van der Waals surface area contributed by atoms with Gasteiger partial charge in [-0.25, -0.2) is 8.42 Å². The van der Waals surface area contributed by atoms with Crippen LogP contribution in [-0.4, -0.2) is 31.6 Å². The molecule has 0 bridgehead atoms. The summed E-state index contributed by atoms with van der Waals surface area (Å²) >= 11 is 0. The second-order valence-corrected chi connectivity index (χ2v) is 6.73. The molecule has 0 saturated carbocycles. The molecule has 0 aliphatic carbocycles. The first kappa shape index (κ1) is 16.0. The normalized spacial score (nSPS) is 14.4. The summed E-state index contributed by atoms with van der Waals surface area (Å²) in [5.41, 5.74) is -0.448. The van der Waals surface area contributed by atoms with Crippen molar-refractivity contribution < 1.29 is 26.7 Å². The zero-order chi connectivity index (χ0) is 14.7. The number of hydrogen-bond acceptors (Lipinski definition) is 3. The molecule has 3 nitrogen and oxygen atoms in total. The Morgan fingerprint density at radius 3 is 2.47 bits per heavy atom. The number of alkyl halides is 3. The van der Waals surface area contributed by atoms with Gasteiger partial charge in [0.1, 0.15) is 9.84 Å². The van der Waals surface area contributed by atoms with Crippen molar-refractivity contribution >= 4 is 9.84 Å². The summed E-state index contributed by atoms with van der Waals surface area (Å²) in [6, 6.07) is 4.65. The Bertz CT molecular complexity index is 523. The van der Waals surface area contributed by atoms with Crippen LogP contribution in [0.5, 0.6) is 0 Å². The van der Waals surface area contributed by atoms with Gasteiger partial charge in [-0.2, -0.15) is 13.2 Å². The summed E-state index contributed by atoms with van der Waals surface area (Å²) in [6.45, 7) is 0. The van der Waals surface area contributed by atoms with Gasteiger partial charge in [-0.15, -0.1) is 0 Å². The molecule has 1 aromatic rings. The Balaban J connectivity index is 2.67. The van der Waals surface area contributed by atoms with Gasteiger partial charge in [0.2, 0.25) is 0 Å². The fourth-order valence-electron chi connectivity index (χ4n) is 1.60. The molecule has 0 aliphatic heterocycles. The van der Waals surface area contributed by atoms with Gasteiger partial charge in [0.05, 0.1) is 17.4 Å². The van der Waals surface area contributed by atoms with Crippen molar-refractivity contribution in [1.82, 2.24) is 0 Å². The molecule has 0 aromatic heterocycles. The molecule has 1 N–H and O–H groups in total. The summed E-state index contributed by atoms with van der Waals surface area (Å²) in [6.07, 6.45) is -4.34. The van der Waals surface area contributed by atoms with Gasteiger partial charge < -0.3 is 5.11 Å². The van der Waals surface area contributed by atoms with Crippen LogP contribution in [0.15, 0.2) is 24.3 Å². The van der Waals surface area contributed by atoms with Crippen molar-refractivity contribution in [3.05, 3.63) is 35.4 Å². The van der Waals surface area contributed by atoms with Gasteiger partial charge in [-0.05, 0) is 24.5 Å². The fraction of sp³-hybridized carbons (Fsp3) is 0.500. The number of aliphatic hydroxyl groups excluding tert-OH is 1. The topological polar surface area (TPSA) is 54.4 Å². The minimum atomic E-state index is -4.42. The molecule has 0 amide bonds. The number of rotatable bonds is 5. The quantitative estimate of drug-likeness (QED) is 0.904. The lowest BCUT2D eigenvalue weighted by molar-refractivity contribution is -0.137.